The van der Waals surface area contributed by atoms with Gasteiger partial charge in [0.1, 0.15) is 0 Å². The lowest BCUT2D eigenvalue weighted by Gasteiger charge is -2.14. The van der Waals surface area contributed by atoms with Crippen molar-refractivity contribution >= 4 is 23.2 Å². The summed E-state index contributed by atoms with van der Waals surface area (Å²) >= 11 is 12.7. The fourth-order valence-electron chi connectivity index (χ4n) is 2.14. The molecule has 2 atom stereocenters. The highest BCUT2D eigenvalue weighted by atomic mass is 35.5. The quantitative estimate of drug-likeness (QED) is 0.397. The Balaban J connectivity index is 2.17. The zero-order chi connectivity index (χ0) is 13.2. The summed E-state index contributed by atoms with van der Waals surface area (Å²) in [4.78, 5) is 0. The molecule has 0 fully saturated rings. The maximum Gasteiger partial charge on any atom is 0.0390 e. The molecule has 0 aromatic heterocycles. The zero-order valence-electron chi connectivity index (χ0n) is 11.2. The third-order valence-corrected chi connectivity index (χ3v) is 3.91. The van der Waals surface area contributed by atoms with E-state index in [1.807, 2.05) is 6.07 Å². The van der Waals surface area contributed by atoms with Gasteiger partial charge in [0, 0.05) is 10.8 Å². The minimum atomic E-state index is 0.154. The molecular weight excluding hydrogens is 263 g/mol. The van der Waals surface area contributed by atoms with Crippen LogP contribution in [0.5, 0.6) is 0 Å². The van der Waals surface area contributed by atoms with Crippen LogP contribution in [0.15, 0.2) is 30.3 Å². The molecule has 1 aromatic rings. The molecule has 0 amide bonds. The first-order chi connectivity index (χ1) is 8.72. The second-order valence-corrected chi connectivity index (χ2v) is 6.20. The van der Waals surface area contributed by atoms with Crippen molar-refractivity contribution < 1.29 is 0 Å². The molecule has 0 saturated heterocycles. The fourth-order valence-corrected chi connectivity index (χ4v) is 2.99. The van der Waals surface area contributed by atoms with Gasteiger partial charge in [-0.2, -0.15) is 0 Å². The van der Waals surface area contributed by atoms with Crippen LogP contribution in [0.4, 0.5) is 0 Å². The van der Waals surface area contributed by atoms with E-state index in [4.69, 9.17) is 23.2 Å². The van der Waals surface area contributed by atoms with Crippen molar-refractivity contribution in [3.8, 4) is 0 Å². The molecule has 0 spiro atoms. The molecule has 0 heterocycles. The first kappa shape index (κ1) is 15.9. The van der Waals surface area contributed by atoms with Gasteiger partial charge in [-0.1, -0.05) is 62.9 Å². The Kier molecular flexibility index (Phi) is 8.54. The highest BCUT2D eigenvalue weighted by molar-refractivity contribution is 6.23. The summed E-state index contributed by atoms with van der Waals surface area (Å²) in [7, 11) is 0. The van der Waals surface area contributed by atoms with Crippen LogP contribution >= 0.6 is 23.2 Å². The highest BCUT2D eigenvalue weighted by Gasteiger charge is 2.12. The summed E-state index contributed by atoms with van der Waals surface area (Å²) in [5, 5.41) is 0.383. The molecule has 0 unspecified atom stereocenters. The van der Waals surface area contributed by atoms with Crippen LogP contribution in [0, 0.1) is 0 Å². The van der Waals surface area contributed by atoms with Crippen LogP contribution in [0.1, 0.15) is 51.0 Å². The van der Waals surface area contributed by atoms with Gasteiger partial charge >= 0.3 is 0 Å². The third kappa shape index (κ3) is 7.28. The SMILES string of the molecule is CCCCCC[C@H](Cl)C[C@@H](Cl)Cc1ccccc1. The average Bonchev–Trinajstić information content (AvgIpc) is 2.35. The summed E-state index contributed by atoms with van der Waals surface area (Å²) in [5.74, 6) is 0. The number of halogens is 2. The van der Waals surface area contributed by atoms with E-state index in [1.54, 1.807) is 0 Å². The van der Waals surface area contributed by atoms with Crippen molar-refractivity contribution in [3.05, 3.63) is 35.9 Å². The molecule has 2 heteroatoms. The number of hydrogen-bond donors (Lipinski definition) is 0. The lowest BCUT2D eigenvalue weighted by atomic mass is 10.0. The predicted molar refractivity (Wildman–Crippen MR) is 82.8 cm³/mol. The Morgan fingerprint density at radius 1 is 0.944 bits per heavy atom. The van der Waals surface area contributed by atoms with Crippen molar-refractivity contribution in [1.29, 1.82) is 0 Å². The summed E-state index contributed by atoms with van der Waals surface area (Å²) in [6.45, 7) is 2.23. The van der Waals surface area contributed by atoms with E-state index in [1.165, 1.54) is 31.2 Å². The normalized spacial score (nSPS) is 14.4. The van der Waals surface area contributed by atoms with Gasteiger partial charge in [-0.05, 0) is 24.8 Å². The highest BCUT2D eigenvalue weighted by Crippen LogP contribution is 2.20. The van der Waals surface area contributed by atoms with Crippen LogP contribution in [0.25, 0.3) is 0 Å². The molecule has 0 bridgehead atoms. The van der Waals surface area contributed by atoms with Gasteiger partial charge in [0.25, 0.3) is 0 Å². The lowest BCUT2D eigenvalue weighted by molar-refractivity contribution is 0.584. The average molecular weight is 287 g/mol. The van der Waals surface area contributed by atoms with E-state index < -0.39 is 0 Å². The standard InChI is InChI=1S/C16H24Cl2/c1-2-3-4-8-11-15(17)13-16(18)12-14-9-6-5-7-10-14/h5-7,9-10,15-16H,2-4,8,11-13H2,1H3/t15-,16-/m0/s1. The van der Waals surface area contributed by atoms with Crippen molar-refractivity contribution in [2.75, 3.05) is 0 Å². The number of unbranched alkanes of at least 4 members (excludes halogenated alkanes) is 3. The van der Waals surface area contributed by atoms with Gasteiger partial charge in [0.15, 0.2) is 0 Å². The molecule has 0 nitrogen and oxygen atoms in total. The maximum atomic E-state index is 6.37. The fraction of sp³-hybridized carbons (Fsp3) is 0.625. The van der Waals surface area contributed by atoms with Gasteiger partial charge in [-0.25, -0.2) is 0 Å². The molecule has 1 aromatic carbocycles. The smallest absolute Gasteiger partial charge is 0.0390 e. The van der Waals surface area contributed by atoms with Crippen molar-refractivity contribution in [3.63, 3.8) is 0 Å². The van der Waals surface area contributed by atoms with Crippen molar-refractivity contribution in [2.45, 2.75) is 62.6 Å². The molecule has 0 N–H and O–H groups in total. The minimum Gasteiger partial charge on any atom is -0.123 e. The summed E-state index contributed by atoms with van der Waals surface area (Å²) < 4.78 is 0. The first-order valence-corrected chi connectivity index (χ1v) is 7.91. The Morgan fingerprint density at radius 3 is 2.33 bits per heavy atom. The summed E-state index contributed by atoms with van der Waals surface area (Å²) in [5.41, 5.74) is 1.30. The van der Waals surface area contributed by atoms with Crippen LogP contribution in [-0.4, -0.2) is 10.8 Å². The molecule has 0 aliphatic heterocycles. The largest absolute Gasteiger partial charge is 0.123 e. The van der Waals surface area contributed by atoms with E-state index in [0.717, 1.165) is 19.3 Å². The molecule has 1 rings (SSSR count). The maximum absolute atomic E-state index is 6.37. The van der Waals surface area contributed by atoms with Gasteiger partial charge in [0.2, 0.25) is 0 Å². The van der Waals surface area contributed by atoms with Crippen molar-refractivity contribution in [2.24, 2.45) is 0 Å². The first-order valence-electron chi connectivity index (χ1n) is 7.04. The number of alkyl halides is 2. The second kappa shape index (κ2) is 9.69. The monoisotopic (exact) mass is 286 g/mol. The molecule has 0 radical (unpaired) electrons. The summed E-state index contributed by atoms with van der Waals surface area (Å²) in [6, 6.07) is 10.4. The van der Waals surface area contributed by atoms with Gasteiger partial charge in [-0.15, -0.1) is 23.2 Å². The molecule has 0 aliphatic carbocycles. The Hall–Kier alpha value is -0.200. The van der Waals surface area contributed by atoms with Crippen LogP contribution < -0.4 is 0 Å². The Bertz CT molecular complexity index is 297. The van der Waals surface area contributed by atoms with Gasteiger partial charge in [-0.3, -0.25) is 0 Å². The van der Waals surface area contributed by atoms with Crippen LogP contribution in [0.3, 0.4) is 0 Å². The molecule has 0 aliphatic rings. The molecule has 0 saturated carbocycles. The molecular formula is C16H24Cl2. The zero-order valence-corrected chi connectivity index (χ0v) is 12.8. The molecule has 102 valence electrons. The minimum absolute atomic E-state index is 0.154. The lowest BCUT2D eigenvalue weighted by Crippen LogP contribution is -2.11. The van der Waals surface area contributed by atoms with E-state index in [9.17, 15) is 0 Å². The van der Waals surface area contributed by atoms with E-state index in [-0.39, 0.29) is 10.8 Å². The third-order valence-electron chi connectivity index (χ3n) is 3.18. The van der Waals surface area contributed by atoms with Crippen molar-refractivity contribution in [1.82, 2.24) is 0 Å². The van der Waals surface area contributed by atoms with Crippen LogP contribution in [0.2, 0.25) is 0 Å². The van der Waals surface area contributed by atoms with E-state index in [2.05, 4.69) is 31.2 Å². The number of benzene rings is 1. The second-order valence-electron chi connectivity index (χ2n) is 4.97. The van der Waals surface area contributed by atoms with Gasteiger partial charge in [0.05, 0.1) is 0 Å². The number of rotatable bonds is 9. The Morgan fingerprint density at radius 2 is 1.67 bits per heavy atom. The predicted octanol–water partition coefficient (Wildman–Crippen LogP) is 5.80. The topological polar surface area (TPSA) is 0 Å². The van der Waals surface area contributed by atoms with Crippen LogP contribution in [-0.2, 0) is 6.42 Å². The van der Waals surface area contributed by atoms with E-state index >= 15 is 0 Å². The van der Waals surface area contributed by atoms with E-state index in [0.29, 0.717) is 0 Å². The Labute approximate surface area is 122 Å². The number of hydrogen-bond acceptors (Lipinski definition) is 0. The molecule has 18 heavy (non-hydrogen) atoms. The summed E-state index contributed by atoms with van der Waals surface area (Å²) in [6.07, 6.45) is 8.05. The van der Waals surface area contributed by atoms with Gasteiger partial charge < -0.3 is 0 Å².